The molecule has 0 aliphatic rings. The Balaban J connectivity index is 1.88. The minimum Gasteiger partial charge on any atom is -0.461 e. The van der Waals surface area contributed by atoms with Crippen LogP contribution in [-0.4, -0.2) is 22.5 Å². The molecule has 3 aromatic rings. The average molecular weight is 306 g/mol. The number of ether oxygens (including phenoxy) is 1. The van der Waals surface area contributed by atoms with E-state index in [4.69, 9.17) is 4.74 Å². The van der Waals surface area contributed by atoms with Crippen LogP contribution in [0.1, 0.15) is 23.1 Å². The third-order valence-electron chi connectivity index (χ3n) is 3.62. The molecule has 1 N–H and O–H groups in total. The quantitative estimate of drug-likeness (QED) is 0.734. The van der Waals surface area contributed by atoms with Crippen molar-refractivity contribution in [3.8, 4) is 22.5 Å². The van der Waals surface area contributed by atoms with Crippen LogP contribution in [-0.2, 0) is 4.74 Å². The second-order valence-electron chi connectivity index (χ2n) is 5.22. The van der Waals surface area contributed by atoms with Crippen LogP contribution in [0.25, 0.3) is 22.5 Å². The van der Waals surface area contributed by atoms with Gasteiger partial charge in [0.15, 0.2) is 5.69 Å². The first-order chi connectivity index (χ1) is 11.2. The first-order valence-electron chi connectivity index (χ1n) is 7.58. The zero-order valence-corrected chi connectivity index (χ0v) is 13.2. The van der Waals surface area contributed by atoms with E-state index in [1.807, 2.05) is 49.4 Å². The molecule has 3 rings (SSSR count). The third-order valence-corrected chi connectivity index (χ3v) is 3.62. The van der Waals surface area contributed by atoms with Crippen molar-refractivity contribution in [3.63, 3.8) is 0 Å². The van der Waals surface area contributed by atoms with E-state index < -0.39 is 5.97 Å². The van der Waals surface area contributed by atoms with Crippen molar-refractivity contribution in [2.75, 3.05) is 6.61 Å². The maximum absolute atomic E-state index is 11.8. The third kappa shape index (κ3) is 3.16. The summed E-state index contributed by atoms with van der Waals surface area (Å²) in [6.07, 6.45) is 0. The predicted octanol–water partition coefficient (Wildman–Crippen LogP) is 4.23. The Morgan fingerprint density at radius 3 is 2.26 bits per heavy atom. The van der Waals surface area contributed by atoms with Crippen LogP contribution in [0, 0.1) is 6.92 Å². The number of aryl methyl sites for hydroxylation is 1. The van der Waals surface area contributed by atoms with Crippen molar-refractivity contribution in [1.82, 2.24) is 9.97 Å². The van der Waals surface area contributed by atoms with Crippen molar-refractivity contribution >= 4 is 5.97 Å². The van der Waals surface area contributed by atoms with Crippen molar-refractivity contribution < 1.29 is 9.53 Å². The number of nitrogens with zero attached hydrogens (tertiary/aromatic N) is 1. The molecule has 0 fully saturated rings. The van der Waals surface area contributed by atoms with Crippen molar-refractivity contribution in [2.24, 2.45) is 0 Å². The molecule has 0 saturated carbocycles. The summed E-state index contributed by atoms with van der Waals surface area (Å²) in [4.78, 5) is 19.4. The summed E-state index contributed by atoms with van der Waals surface area (Å²) in [7, 11) is 0. The van der Waals surface area contributed by atoms with Crippen LogP contribution in [0.15, 0.2) is 54.6 Å². The summed E-state index contributed by atoms with van der Waals surface area (Å²) in [5, 5.41) is 0. The molecule has 0 spiro atoms. The van der Waals surface area contributed by atoms with E-state index in [9.17, 15) is 4.79 Å². The number of carbonyl (C=O) groups is 1. The highest BCUT2D eigenvalue weighted by Gasteiger charge is 2.16. The highest BCUT2D eigenvalue weighted by Crippen LogP contribution is 2.24. The molecule has 2 aromatic carbocycles. The number of carbonyl (C=O) groups excluding carboxylic acids is 1. The first-order valence-corrected chi connectivity index (χ1v) is 7.58. The molecule has 0 atom stereocenters. The Bertz CT molecular complexity index is 805. The highest BCUT2D eigenvalue weighted by molar-refractivity contribution is 5.89. The summed E-state index contributed by atoms with van der Waals surface area (Å²) in [5.41, 5.74) is 4.30. The summed E-state index contributed by atoms with van der Waals surface area (Å²) in [6, 6.07) is 18.3. The fourth-order valence-electron chi connectivity index (χ4n) is 2.45. The van der Waals surface area contributed by atoms with Crippen LogP contribution in [0.2, 0.25) is 0 Å². The second kappa shape index (κ2) is 6.48. The predicted molar refractivity (Wildman–Crippen MR) is 90.2 cm³/mol. The van der Waals surface area contributed by atoms with Gasteiger partial charge in [-0.15, -0.1) is 0 Å². The smallest absolute Gasteiger partial charge is 0.358 e. The van der Waals surface area contributed by atoms with Gasteiger partial charge in [0.25, 0.3) is 0 Å². The van der Waals surface area contributed by atoms with E-state index in [0.29, 0.717) is 23.8 Å². The number of rotatable bonds is 4. The number of aromatic amines is 1. The van der Waals surface area contributed by atoms with Crippen LogP contribution >= 0.6 is 0 Å². The van der Waals surface area contributed by atoms with E-state index in [-0.39, 0.29) is 0 Å². The molecule has 0 aliphatic carbocycles. The number of hydrogen-bond donors (Lipinski definition) is 1. The maximum atomic E-state index is 11.8. The number of hydrogen-bond acceptors (Lipinski definition) is 3. The molecule has 1 aromatic heterocycles. The summed E-state index contributed by atoms with van der Waals surface area (Å²) >= 11 is 0. The molecule has 0 unspecified atom stereocenters. The molecular formula is C19H18N2O2. The summed E-state index contributed by atoms with van der Waals surface area (Å²) < 4.78 is 5.01. The SMILES string of the molecule is CCOC(=O)c1nc(-c2ccc(-c3ccccc3)cc2)[nH]c1C. The molecular weight excluding hydrogens is 288 g/mol. The molecule has 0 aliphatic heterocycles. The fraction of sp³-hybridized carbons (Fsp3) is 0.158. The number of aromatic nitrogens is 2. The zero-order chi connectivity index (χ0) is 16.2. The lowest BCUT2D eigenvalue weighted by molar-refractivity contribution is 0.0519. The van der Waals surface area contributed by atoms with Crippen LogP contribution in [0.3, 0.4) is 0 Å². The van der Waals surface area contributed by atoms with Gasteiger partial charge in [0.1, 0.15) is 5.82 Å². The number of benzene rings is 2. The lowest BCUT2D eigenvalue weighted by Crippen LogP contribution is -2.06. The van der Waals surface area contributed by atoms with E-state index >= 15 is 0 Å². The average Bonchev–Trinajstić information content (AvgIpc) is 2.98. The number of imidazole rings is 1. The molecule has 23 heavy (non-hydrogen) atoms. The molecule has 0 radical (unpaired) electrons. The van der Waals surface area contributed by atoms with E-state index in [1.54, 1.807) is 6.92 Å². The Morgan fingerprint density at radius 1 is 1.00 bits per heavy atom. The fourth-order valence-corrected chi connectivity index (χ4v) is 2.45. The highest BCUT2D eigenvalue weighted by atomic mass is 16.5. The van der Waals surface area contributed by atoms with Gasteiger partial charge in [-0.1, -0.05) is 54.6 Å². The van der Waals surface area contributed by atoms with Crippen LogP contribution in [0.4, 0.5) is 0 Å². The van der Waals surface area contributed by atoms with E-state index in [0.717, 1.165) is 11.1 Å². The van der Waals surface area contributed by atoms with E-state index in [1.165, 1.54) is 5.56 Å². The van der Waals surface area contributed by atoms with Crippen LogP contribution < -0.4 is 0 Å². The number of H-pyrrole nitrogens is 1. The topological polar surface area (TPSA) is 55.0 Å². The van der Waals surface area contributed by atoms with E-state index in [2.05, 4.69) is 22.1 Å². The molecule has 0 amide bonds. The molecule has 1 heterocycles. The monoisotopic (exact) mass is 306 g/mol. The van der Waals surface area contributed by atoms with Gasteiger partial charge in [-0.05, 0) is 25.0 Å². The van der Waals surface area contributed by atoms with Gasteiger partial charge in [0.2, 0.25) is 0 Å². The Morgan fingerprint density at radius 2 is 1.61 bits per heavy atom. The zero-order valence-electron chi connectivity index (χ0n) is 13.2. The van der Waals surface area contributed by atoms with Gasteiger partial charge in [-0.25, -0.2) is 9.78 Å². The van der Waals surface area contributed by atoms with Gasteiger partial charge in [-0.2, -0.15) is 0 Å². The Kier molecular flexibility index (Phi) is 4.24. The number of nitrogens with one attached hydrogen (secondary N) is 1. The van der Waals surface area contributed by atoms with Gasteiger partial charge in [-0.3, -0.25) is 0 Å². The largest absolute Gasteiger partial charge is 0.461 e. The van der Waals surface area contributed by atoms with Crippen molar-refractivity contribution in [2.45, 2.75) is 13.8 Å². The van der Waals surface area contributed by atoms with Gasteiger partial charge < -0.3 is 9.72 Å². The summed E-state index contributed by atoms with van der Waals surface area (Å²) in [5.74, 6) is 0.276. The molecule has 0 bridgehead atoms. The number of esters is 1. The standard InChI is InChI=1S/C19H18N2O2/c1-3-23-19(22)17-13(2)20-18(21-17)16-11-9-15(10-12-16)14-7-5-4-6-8-14/h4-12H,3H2,1-2H3,(H,20,21). The van der Waals surface area contributed by atoms with Gasteiger partial charge in [0, 0.05) is 11.3 Å². The first kappa shape index (κ1) is 15.0. The van der Waals surface area contributed by atoms with Gasteiger partial charge in [0.05, 0.1) is 6.61 Å². The Hall–Kier alpha value is -2.88. The molecule has 116 valence electrons. The molecule has 4 heteroatoms. The molecule has 4 nitrogen and oxygen atoms in total. The minimum absolute atomic E-state index is 0.340. The Labute approximate surface area is 135 Å². The van der Waals surface area contributed by atoms with Crippen molar-refractivity contribution in [3.05, 3.63) is 66.0 Å². The second-order valence-corrected chi connectivity index (χ2v) is 5.22. The summed E-state index contributed by atoms with van der Waals surface area (Å²) in [6.45, 7) is 3.94. The van der Waals surface area contributed by atoms with Crippen LogP contribution in [0.5, 0.6) is 0 Å². The van der Waals surface area contributed by atoms with Gasteiger partial charge >= 0.3 is 5.97 Å². The normalized spacial score (nSPS) is 10.5. The van der Waals surface area contributed by atoms with Crippen molar-refractivity contribution in [1.29, 1.82) is 0 Å². The molecule has 0 saturated heterocycles. The lowest BCUT2D eigenvalue weighted by atomic mass is 10.0. The minimum atomic E-state index is -0.395. The lowest BCUT2D eigenvalue weighted by Gasteiger charge is -2.02. The maximum Gasteiger partial charge on any atom is 0.358 e.